The van der Waals surface area contributed by atoms with Crippen LogP contribution in [-0.4, -0.2) is 43.5 Å². The van der Waals surface area contributed by atoms with Gasteiger partial charge >= 0.3 is 0 Å². The van der Waals surface area contributed by atoms with Gasteiger partial charge in [0.25, 0.3) is 0 Å². The van der Waals surface area contributed by atoms with Crippen molar-refractivity contribution in [1.29, 1.82) is 0 Å². The van der Waals surface area contributed by atoms with Gasteiger partial charge in [-0.15, -0.1) is 0 Å². The summed E-state index contributed by atoms with van der Waals surface area (Å²) in [7, 11) is 1.54. The van der Waals surface area contributed by atoms with E-state index in [2.05, 4.69) is 10.6 Å². The number of carbonyl (C=O) groups is 2. The van der Waals surface area contributed by atoms with Crippen LogP contribution >= 0.6 is 11.8 Å². The molecule has 1 unspecified atom stereocenters. The van der Waals surface area contributed by atoms with Gasteiger partial charge in [-0.25, -0.2) is 0 Å². The van der Waals surface area contributed by atoms with Crippen LogP contribution in [-0.2, 0) is 9.59 Å². The summed E-state index contributed by atoms with van der Waals surface area (Å²) in [5, 5.41) is 5.06. The standard InChI is InChI=1S/C8H17N3O2S/c1-10-8(13)6(3-4-14-2)11-7(12)5-9/h6H,3-5,9H2,1-2H3,(H,10,13)(H,11,12). The molecule has 0 rings (SSSR count). The Morgan fingerprint density at radius 3 is 2.57 bits per heavy atom. The van der Waals surface area contributed by atoms with Crippen molar-refractivity contribution in [3.05, 3.63) is 0 Å². The van der Waals surface area contributed by atoms with Crippen molar-refractivity contribution in [1.82, 2.24) is 10.6 Å². The average Bonchev–Trinajstić information content (AvgIpc) is 2.22. The molecule has 4 N–H and O–H groups in total. The fourth-order valence-corrected chi connectivity index (χ4v) is 1.40. The first-order valence-electron chi connectivity index (χ1n) is 4.35. The molecular weight excluding hydrogens is 202 g/mol. The molecule has 0 aromatic heterocycles. The van der Waals surface area contributed by atoms with Gasteiger partial charge in [0.15, 0.2) is 0 Å². The monoisotopic (exact) mass is 219 g/mol. The number of rotatable bonds is 6. The number of hydrogen-bond acceptors (Lipinski definition) is 4. The minimum atomic E-state index is -0.469. The summed E-state index contributed by atoms with van der Waals surface area (Å²) >= 11 is 1.63. The third-order valence-electron chi connectivity index (χ3n) is 1.69. The van der Waals surface area contributed by atoms with Crippen molar-refractivity contribution in [2.45, 2.75) is 12.5 Å². The molecule has 5 nitrogen and oxygen atoms in total. The maximum atomic E-state index is 11.3. The zero-order valence-corrected chi connectivity index (χ0v) is 9.32. The number of nitrogens with two attached hydrogens (primary N) is 1. The zero-order valence-electron chi connectivity index (χ0n) is 8.50. The third kappa shape index (κ3) is 5.08. The van der Waals surface area contributed by atoms with Gasteiger partial charge in [0.2, 0.25) is 11.8 Å². The molecule has 0 radical (unpaired) electrons. The molecule has 0 saturated heterocycles. The van der Waals surface area contributed by atoms with Crippen molar-refractivity contribution in [3.8, 4) is 0 Å². The number of nitrogens with one attached hydrogen (secondary N) is 2. The van der Waals surface area contributed by atoms with Crippen molar-refractivity contribution >= 4 is 23.6 Å². The predicted octanol–water partition coefficient (Wildman–Crippen LogP) is -1.07. The number of thioether (sulfide) groups is 1. The lowest BCUT2D eigenvalue weighted by Gasteiger charge is -2.15. The predicted molar refractivity (Wildman–Crippen MR) is 58.1 cm³/mol. The van der Waals surface area contributed by atoms with E-state index in [0.717, 1.165) is 5.75 Å². The fourth-order valence-electron chi connectivity index (χ4n) is 0.932. The van der Waals surface area contributed by atoms with Gasteiger partial charge in [0, 0.05) is 7.05 Å². The van der Waals surface area contributed by atoms with Gasteiger partial charge in [-0.05, 0) is 18.4 Å². The first-order chi connectivity index (χ1) is 6.65. The van der Waals surface area contributed by atoms with E-state index >= 15 is 0 Å². The largest absolute Gasteiger partial charge is 0.357 e. The SMILES string of the molecule is CNC(=O)C(CCSC)NC(=O)CN. The van der Waals surface area contributed by atoms with Crippen LogP contribution in [0.2, 0.25) is 0 Å². The summed E-state index contributed by atoms with van der Waals surface area (Å²) in [4.78, 5) is 22.3. The molecule has 0 heterocycles. The second-order valence-corrected chi connectivity index (χ2v) is 3.71. The second-order valence-electron chi connectivity index (χ2n) is 2.72. The van der Waals surface area contributed by atoms with Crippen LogP contribution in [0.25, 0.3) is 0 Å². The summed E-state index contributed by atoms with van der Waals surface area (Å²) in [5.41, 5.74) is 5.14. The average molecular weight is 219 g/mol. The first-order valence-corrected chi connectivity index (χ1v) is 5.75. The maximum Gasteiger partial charge on any atom is 0.242 e. The smallest absolute Gasteiger partial charge is 0.242 e. The third-order valence-corrected chi connectivity index (χ3v) is 2.34. The second kappa shape index (κ2) is 7.64. The molecule has 82 valence electrons. The van der Waals surface area contributed by atoms with E-state index in [4.69, 9.17) is 5.73 Å². The Morgan fingerprint density at radius 2 is 2.14 bits per heavy atom. The lowest BCUT2D eigenvalue weighted by molar-refractivity contribution is -0.128. The molecule has 2 amide bonds. The summed E-state index contributed by atoms with van der Waals surface area (Å²) in [6, 6.07) is -0.469. The van der Waals surface area contributed by atoms with E-state index in [9.17, 15) is 9.59 Å². The first kappa shape index (κ1) is 13.2. The van der Waals surface area contributed by atoms with Crippen LogP contribution < -0.4 is 16.4 Å². The van der Waals surface area contributed by atoms with E-state index in [1.165, 1.54) is 0 Å². The Bertz CT molecular complexity index is 199. The highest BCUT2D eigenvalue weighted by atomic mass is 32.2. The van der Waals surface area contributed by atoms with Gasteiger partial charge in [0.05, 0.1) is 6.54 Å². The van der Waals surface area contributed by atoms with Crippen molar-refractivity contribution in [3.63, 3.8) is 0 Å². The lowest BCUT2D eigenvalue weighted by Crippen LogP contribution is -2.47. The van der Waals surface area contributed by atoms with E-state index in [-0.39, 0.29) is 18.4 Å². The van der Waals surface area contributed by atoms with E-state index < -0.39 is 6.04 Å². The molecule has 0 aliphatic heterocycles. The van der Waals surface area contributed by atoms with E-state index in [1.807, 2.05) is 6.26 Å². The molecule has 0 aromatic carbocycles. The Morgan fingerprint density at radius 1 is 1.50 bits per heavy atom. The van der Waals surface area contributed by atoms with Crippen LogP contribution in [0.15, 0.2) is 0 Å². The molecule has 0 aliphatic rings. The van der Waals surface area contributed by atoms with Crippen molar-refractivity contribution in [2.24, 2.45) is 5.73 Å². The number of hydrogen-bond donors (Lipinski definition) is 3. The summed E-state index contributed by atoms with van der Waals surface area (Å²) in [5.74, 6) is 0.337. The van der Waals surface area contributed by atoms with Crippen LogP contribution in [0, 0.1) is 0 Å². The molecule has 0 aliphatic carbocycles. The molecule has 0 saturated carbocycles. The van der Waals surface area contributed by atoms with E-state index in [1.54, 1.807) is 18.8 Å². The van der Waals surface area contributed by atoms with Gasteiger partial charge in [-0.2, -0.15) is 11.8 Å². The molecular formula is C8H17N3O2S. The molecule has 0 spiro atoms. The van der Waals surface area contributed by atoms with Crippen LogP contribution in [0.3, 0.4) is 0 Å². The lowest BCUT2D eigenvalue weighted by atomic mass is 10.2. The number of carbonyl (C=O) groups excluding carboxylic acids is 2. The van der Waals surface area contributed by atoms with Crippen LogP contribution in [0.4, 0.5) is 0 Å². The zero-order chi connectivity index (χ0) is 11.0. The minimum absolute atomic E-state index is 0.0905. The topological polar surface area (TPSA) is 84.2 Å². The van der Waals surface area contributed by atoms with Crippen molar-refractivity contribution < 1.29 is 9.59 Å². The Balaban J connectivity index is 4.09. The van der Waals surface area contributed by atoms with Crippen molar-refractivity contribution in [2.75, 3.05) is 25.6 Å². The van der Waals surface area contributed by atoms with E-state index in [0.29, 0.717) is 6.42 Å². The maximum absolute atomic E-state index is 11.3. The Labute approximate surface area is 88.2 Å². The minimum Gasteiger partial charge on any atom is -0.357 e. The summed E-state index contributed by atoms with van der Waals surface area (Å²) in [6.45, 7) is -0.0905. The van der Waals surface area contributed by atoms with Crippen LogP contribution in [0.1, 0.15) is 6.42 Å². The Hall–Kier alpha value is -0.750. The molecule has 0 bridgehead atoms. The quantitative estimate of drug-likeness (QED) is 0.531. The summed E-state index contributed by atoms with van der Waals surface area (Å²) in [6.07, 6.45) is 2.57. The highest BCUT2D eigenvalue weighted by Gasteiger charge is 2.17. The van der Waals surface area contributed by atoms with Crippen LogP contribution in [0.5, 0.6) is 0 Å². The highest BCUT2D eigenvalue weighted by molar-refractivity contribution is 7.98. The molecule has 14 heavy (non-hydrogen) atoms. The molecule has 6 heteroatoms. The molecule has 1 atom stereocenters. The molecule has 0 aromatic rings. The normalized spacial score (nSPS) is 11.9. The fraction of sp³-hybridized carbons (Fsp3) is 0.750. The van der Waals surface area contributed by atoms with Gasteiger partial charge in [-0.3, -0.25) is 9.59 Å². The number of amides is 2. The molecule has 0 fully saturated rings. The number of likely N-dealkylation sites (N-methyl/N-ethyl adjacent to an activating group) is 1. The highest BCUT2D eigenvalue weighted by Crippen LogP contribution is 2.00. The van der Waals surface area contributed by atoms with Gasteiger partial charge < -0.3 is 16.4 Å². The van der Waals surface area contributed by atoms with Gasteiger partial charge in [-0.1, -0.05) is 0 Å². The Kier molecular flexibility index (Phi) is 7.23. The van der Waals surface area contributed by atoms with Gasteiger partial charge in [0.1, 0.15) is 6.04 Å². The summed E-state index contributed by atoms with van der Waals surface area (Å²) < 4.78 is 0.